The van der Waals surface area contributed by atoms with Crippen molar-refractivity contribution in [2.75, 3.05) is 27.3 Å². The molecule has 0 rings (SSSR count). The predicted octanol–water partition coefficient (Wildman–Crippen LogP) is -2.26. The molecule has 0 radical (unpaired) electrons. The maximum atomic E-state index is 10.8. The number of nitrogens with zero attached hydrogens (tertiary/aromatic N) is 1. The molecule has 1 amide bonds. The van der Waals surface area contributed by atoms with Gasteiger partial charge in [0.25, 0.3) is 0 Å². The number of hydrogen-bond donors (Lipinski definition) is 1. The minimum absolute atomic E-state index is 0. The SMILES string of the molecule is C=CC(=O)NC[N+](C)(C)CCC.[Cl-]. The van der Waals surface area contributed by atoms with E-state index in [2.05, 4.69) is 32.9 Å². The first-order chi connectivity index (χ1) is 5.52. The van der Waals surface area contributed by atoms with Gasteiger partial charge in [-0.1, -0.05) is 13.5 Å². The molecule has 0 aromatic carbocycles. The molecule has 0 aliphatic heterocycles. The molecule has 0 aromatic heterocycles. The molecule has 0 spiro atoms. The Hall–Kier alpha value is -0.540. The molecule has 0 saturated carbocycles. The second-order valence-electron chi connectivity index (χ2n) is 3.56. The van der Waals surface area contributed by atoms with Crippen LogP contribution in [-0.4, -0.2) is 37.7 Å². The zero-order chi connectivity index (χ0) is 9.61. The number of rotatable bonds is 5. The first kappa shape index (κ1) is 15.0. The van der Waals surface area contributed by atoms with E-state index in [1.807, 2.05) is 0 Å². The Balaban J connectivity index is 0. The molecule has 1 N–H and O–H groups in total. The number of nitrogens with one attached hydrogen (secondary N) is 1. The molecule has 0 fully saturated rings. The first-order valence-electron chi connectivity index (χ1n) is 4.24. The molecule has 78 valence electrons. The Labute approximate surface area is 86.8 Å². The summed E-state index contributed by atoms with van der Waals surface area (Å²) >= 11 is 0. The summed E-state index contributed by atoms with van der Waals surface area (Å²) in [6.45, 7) is 7.25. The van der Waals surface area contributed by atoms with Gasteiger partial charge < -0.3 is 22.2 Å². The lowest BCUT2D eigenvalue weighted by Crippen LogP contribution is -3.00. The topological polar surface area (TPSA) is 29.1 Å². The summed E-state index contributed by atoms with van der Waals surface area (Å²) in [5.74, 6) is -0.0997. The summed E-state index contributed by atoms with van der Waals surface area (Å²) in [6, 6.07) is 0. The van der Waals surface area contributed by atoms with Gasteiger partial charge in [-0.3, -0.25) is 4.79 Å². The Morgan fingerprint density at radius 1 is 1.54 bits per heavy atom. The van der Waals surface area contributed by atoms with Gasteiger partial charge in [0.2, 0.25) is 5.91 Å². The van der Waals surface area contributed by atoms with E-state index in [1.54, 1.807) is 0 Å². The van der Waals surface area contributed by atoms with Gasteiger partial charge in [-0.2, -0.15) is 0 Å². The quantitative estimate of drug-likeness (QED) is 0.307. The Bertz CT molecular complexity index is 169. The summed E-state index contributed by atoms with van der Waals surface area (Å²) in [5.41, 5.74) is 0. The van der Waals surface area contributed by atoms with Gasteiger partial charge in [0.1, 0.15) is 0 Å². The van der Waals surface area contributed by atoms with Crippen molar-refractivity contribution in [1.82, 2.24) is 5.32 Å². The zero-order valence-electron chi connectivity index (χ0n) is 8.64. The van der Waals surface area contributed by atoms with Crippen LogP contribution in [0.1, 0.15) is 13.3 Å². The minimum Gasteiger partial charge on any atom is -1.00 e. The number of quaternary nitrogens is 1. The van der Waals surface area contributed by atoms with Crippen LogP contribution in [0.2, 0.25) is 0 Å². The summed E-state index contributed by atoms with van der Waals surface area (Å²) in [6.07, 6.45) is 2.42. The molecular formula is C9H19ClN2O. The van der Waals surface area contributed by atoms with Crippen molar-refractivity contribution >= 4 is 5.91 Å². The number of halogens is 1. The van der Waals surface area contributed by atoms with Crippen molar-refractivity contribution < 1.29 is 21.7 Å². The van der Waals surface area contributed by atoms with Crippen molar-refractivity contribution in [2.45, 2.75) is 13.3 Å². The fourth-order valence-corrected chi connectivity index (χ4v) is 1.05. The highest BCUT2D eigenvalue weighted by Crippen LogP contribution is 1.95. The largest absolute Gasteiger partial charge is 1.00 e. The fourth-order valence-electron chi connectivity index (χ4n) is 1.05. The van der Waals surface area contributed by atoms with Crippen LogP contribution in [0.4, 0.5) is 0 Å². The van der Waals surface area contributed by atoms with Crippen LogP contribution in [0, 0.1) is 0 Å². The lowest BCUT2D eigenvalue weighted by Gasteiger charge is -2.28. The van der Waals surface area contributed by atoms with E-state index in [-0.39, 0.29) is 18.3 Å². The van der Waals surface area contributed by atoms with Gasteiger partial charge in [0.15, 0.2) is 6.67 Å². The van der Waals surface area contributed by atoms with E-state index in [4.69, 9.17) is 0 Å². The van der Waals surface area contributed by atoms with Gasteiger partial charge in [0.05, 0.1) is 20.6 Å². The second kappa shape index (κ2) is 6.92. The molecule has 13 heavy (non-hydrogen) atoms. The fraction of sp³-hybridized carbons (Fsp3) is 0.667. The van der Waals surface area contributed by atoms with Crippen molar-refractivity contribution in [2.24, 2.45) is 0 Å². The summed E-state index contributed by atoms with van der Waals surface area (Å²) in [5, 5.41) is 2.77. The Morgan fingerprint density at radius 2 is 2.08 bits per heavy atom. The van der Waals surface area contributed by atoms with Crippen LogP contribution >= 0.6 is 0 Å². The molecule has 4 heteroatoms. The van der Waals surface area contributed by atoms with Crippen molar-refractivity contribution in [3.05, 3.63) is 12.7 Å². The standard InChI is InChI=1S/C9H18N2O.ClH/c1-5-7-11(3,4)8-10-9(12)6-2;/h6H,2,5,7-8H2,1,3-4H3;1H. The van der Waals surface area contributed by atoms with Crippen molar-refractivity contribution in [3.63, 3.8) is 0 Å². The summed E-state index contributed by atoms with van der Waals surface area (Å²) < 4.78 is 0.816. The number of hydrogen-bond acceptors (Lipinski definition) is 1. The van der Waals surface area contributed by atoms with Crippen molar-refractivity contribution in [3.8, 4) is 0 Å². The van der Waals surface area contributed by atoms with Crippen molar-refractivity contribution in [1.29, 1.82) is 0 Å². The van der Waals surface area contributed by atoms with Crippen LogP contribution in [0.15, 0.2) is 12.7 Å². The third-order valence-corrected chi connectivity index (χ3v) is 1.70. The van der Waals surface area contributed by atoms with E-state index >= 15 is 0 Å². The van der Waals surface area contributed by atoms with E-state index in [9.17, 15) is 4.79 Å². The maximum Gasteiger partial charge on any atom is 0.247 e. The molecular weight excluding hydrogens is 188 g/mol. The van der Waals surface area contributed by atoms with Crippen LogP contribution in [0.5, 0.6) is 0 Å². The number of carbonyl (C=O) groups is 1. The smallest absolute Gasteiger partial charge is 0.247 e. The van der Waals surface area contributed by atoms with Crippen LogP contribution < -0.4 is 17.7 Å². The third kappa shape index (κ3) is 7.81. The third-order valence-electron chi connectivity index (χ3n) is 1.70. The molecule has 0 atom stereocenters. The molecule has 0 unspecified atom stereocenters. The number of carbonyl (C=O) groups excluding carboxylic acids is 1. The highest BCUT2D eigenvalue weighted by Gasteiger charge is 2.12. The first-order valence-corrected chi connectivity index (χ1v) is 4.24. The van der Waals surface area contributed by atoms with Crippen LogP contribution in [-0.2, 0) is 4.79 Å². The van der Waals surface area contributed by atoms with Gasteiger partial charge in [-0.05, 0) is 12.5 Å². The predicted molar refractivity (Wildman–Crippen MR) is 50.5 cm³/mol. The second-order valence-corrected chi connectivity index (χ2v) is 3.56. The highest BCUT2D eigenvalue weighted by molar-refractivity contribution is 5.86. The summed E-state index contributed by atoms with van der Waals surface area (Å²) in [7, 11) is 4.18. The normalized spacial score (nSPS) is 10.1. The van der Waals surface area contributed by atoms with E-state index < -0.39 is 0 Å². The molecule has 0 aromatic rings. The lowest BCUT2D eigenvalue weighted by molar-refractivity contribution is -0.892. The zero-order valence-corrected chi connectivity index (χ0v) is 9.40. The lowest BCUT2D eigenvalue weighted by atomic mass is 10.4. The highest BCUT2D eigenvalue weighted by atomic mass is 35.5. The average molecular weight is 207 g/mol. The summed E-state index contributed by atoms with van der Waals surface area (Å²) in [4.78, 5) is 10.8. The Morgan fingerprint density at radius 3 is 2.46 bits per heavy atom. The van der Waals surface area contributed by atoms with Crippen LogP contribution in [0.25, 0.3) is 0 Å². The number of amides is 1. The molecule has 0 bridgehead atoms. The van der Waals surface area contributed by atoms with Gasteiger partial charge in [-0.15, -0.1) is 0 Å². The average Bonchev–Trinajstić information content (AvgIpc) is 2.00. The molecule has 0 heterocycles. The minimum atomic E-state index is -0.0997. The monoisotopic (exact) mass is 206 g/mol. The van der Waals surface area contributed by atoms with E-state index in [0.29, 0.717) is 6.67 Å². The van der Waals surface area contributed by atoms with E-state index in [1.165, 1.54) is 6.08 Å². The van der Waals surface area contributed by atoms with E-state index in [0.717, 1.165) is 17.4 Å². The van der Waals surface area contributed by atoms with Gasteiger partial charge >= 0.3 is 0 Å². The molecule has 3 nitrogen and oxygen atoms in total. The van der Waals surface area contributed by atoms with Gasteiger partial charge in [-0.25, -0.2) is 0 Å². The van der Waals surface area contributed by atoms with Crippen LogP contribution in [0.3, 0.4) is 0 Å². The maximum absolute atomic E-state index is 10.8. The molecule has 0 aliphatic rings. The molecule has 0 aliphatic carbocycles. The van der Waals surface area contributed by atoms with Gasteiger partial charge in [0, 0.05) is 0 Å². The molecule has 0 saturated heterocycles. The Kier molecular flexibility index (Phi) is 7.96.